The standard InChI is InChI=1S/C21H23N5O/c22-21(25-14-11-18-5-1-3-12-23-18)26-15-17-7-9-20(10-8-17)27-16-19-6-2-4-13-24-19/h1-10,12-13H,11,14-16H2,(H3,22,25,26). The Hall–Kier alpha value is -3.41. The molecule has 0 aliphatic carbocycles. The SMILES string of the molecule is NC(=NCc1ccc(OCc2ccccn2)cc1)NCCc1ccccn1. The maximum atomic E-state index is 5.91. The Morgan fingerprint density at radius 1 is 0.926 bits per heavy atom. The van der Waals surface area contributed by atoms with Crippen LogP contribution in [0, 0.1) is 0 Å². The summed E-state index contributed by atoms with van der Waals surface area (Å²) in [6.45, 7) is 1.67. The summed E-state index contributed by atoms with van der Waals surface area (Å²) in [6, 6.07) is 19.5. The molecule has 1 aromatic carbocycles. The maximum Gasteiger partial charge on any atom is 0.188 e. The van der Waals surface area contributed by atoms with E-state index in [-0.39, 0.29) is 0 Å². The van der Waals surface area contributed by atoms with E-state index in [1.54, 1.807) is 12.4 Å². The van der Waals surface area contributed by atoms with Crippen molar-refractivity contribution in [3.63, 3.8) is 0 Å². The summed E-state index contributed by atoms with van der Waals surface area (Å²) in [5.74, 6) is 1.23. The number of nitrogens with two attached hydrogens (primary N) is 1. The lowest BCUT2D eigenvalue weighted by Gasteiger charge is -2.07. The first kappa shape index (κ1) is 18.4. The number of nitrogens with one attached hydrogen (secondary N) is 1. The lowest BCUT2D eigenvalue weighted by atomic mass is 10.2. The number of nitrogens with zero attached hydrogens (tertiary/aromatic N) is 3. The first-order valence-electron chi connectivity index (χ1n) is 8.85. The van der Waals surface area contributed by atoms with E-state index in [0.29, 0.717) is 25.7 Å². The summed E-state index contributed by atoms with van der Waals surface area (Å²) in [7, 11) is 0. The molecule has 138 valence electrons. The van der Waals surface area contributed by atoms with Crippen molar-refractivity contribution in [2.24, 2.45) is 10.7 Å². The minimum absolute atomic E-state index is 0.432. The van der Waals surface area contributed by atoms with Gasteiger partial charge in [-0.25, -0.2) is 4.99 Å². The zero-order valence-electron chi connectivity index (χ0n) is 15.1. The second kappa shape index (κ2) is 9.91. The van der Waals surface area contributed by atoms with Gasteiger partial charge in [0, 0.05) is 31.1 Å². The Bertz CT molecular complexity index is 835. The molecule has 2 heterocycles. The summed E-state index contributed by atoms with van der Waals surface area (Å²) in [4.78, 5) is 12.9. The molecule has 27 heavy (non-hydrogen) atoms. The average Bonchev–Trinajstić information content (AvgIpc) is 2.73. The van der Waals surface area contributed by atoms with Crippen LogP contribution in [0.25, 0.3) is 0 Å². The number of guanidine groups is 1. The van der Waals surface area contributed by atoms with Gasteiger partial charge in [-0.2, -0.15) is 0 Å². The topological polar surface area (TPSA) is 85.4 Å². The van der Waals surface area contributed by atoms with Crippen LogP contribution in [-0.2, 0) is 19.6 Å². The second-order valence-electron chi connectivity index (χ2n) is 5.95. The lowest BCUT2D eigenvalue weighted by molar-refractivity contribution is 0.301. The van der Waals surface area contributed by atoms with Crippen molar-refractivity contribution in [2.75, 3.05) is 6.54 Å². The van der Waals surface area contributed by atoms with Gasteiger partial charge >= 0.3 is 0 Å². The summed E-state index contributed by atoms with van der Waals surface area (Å²) < 4.78 is 5.73. The zero-order chi connectivity index (χ0) is 18.7. The van der Waals surface area contributed by atoms with Crippen molar-refractivity contribution in [2.45, 2.75) is 19.6 Å². The Labute approximate surface area is 159 Å². The third-order valence-corrected chi connectivity index (χ3v) is 3.88. The predicted molar refractivity (Wildman–Crippen MR) is 106 cm³/mol. The van der Waals surface area contributed by atoms with Crippen LogP contribution in [0.15, 0.2) is 78.0 Å². The number of pyridine rings is 2. The van der Waals surface area contributed by atoms with Crippen molar-refractivity contribution in [3.8, 4) is 5.75 Å². The quantitative estimate of drug-likeness (QED) is 0.476. The monoisotopic (exact) mass is 361 g/mol. The van der Waals surface area contributed by atoms with E-state index in [1.807, 2.05) is 60.7 Å². The molecule has 0 unspecified atom stereocenters. The average molecular weight is 361 g/mol. The summed E-state index contributed by atoms with van der Waals surface area (Å²) in [6.07, 6.45) is 4.35. The fraction of sp³-hybridized carbons (Fsp3) is 0.190. The number of aliphatic imine (C=N–C) groups is 1. The van der Waals surface area contributed by atoms with E-state index in [4.69, 9.17) is 10.5 Å². The molecule has 0 saturated heterocycles. The van der Waals surface area contributed by atoms with Crippen LogP contribution in [0.5, 0.6) is 5.75 Å². The molecular weight excluding hydrogens is 338 g/mol. The number of hydrogen-bond donors (Lipinski definition) is 2. The lowest BCUT2D eigenvalue weighted by Crippen LogP contribution is -2.33. The van der Waals surface area contributed by atoms with Gasteiger partial charge in [0.05, 0.1) is 12.2 Å². The highest BCUT2D eigenvalue weighted by Crippen LogP contribution is 2.14. The Balaban J connectivity index is 1.41. The predicted octanol–water partition coefficient (Wildman–Crippen LogP) is 2.70. The van der Waals surface area contributed by atoms with Gasteiger partial charge in [0.25, 0.3) is 0 Å². The number of aromatic nitrogens is 2. The summed E-state index contributed by atoms with van der Waals surface area (Å²) in [5, 5.41) is 3.11. The minimum Gasteiger partial charge on any atom is -0.487 e. The first-order chi connectivity index (χ1) is 13.3. The first-order valence-corrected chi connectivity index (χ1v) is 8.85. The smallest absolute Gasteiger partial charge is 0.188 e. The molecule has 0 fully saturated rings. The molecule has 2 aromatic heterocycles. The van der Waals surface area contributed by atoms with Crippen LogP contribution in [0.2, 0.25) is 0 Å². The Morgan fingerprint density at radius 2 is 1.63 bits per heavy atom. The molecule has 0 radical (unpaired) electrons. The van der Waals surface area contributed by atoms with Crippen LogP contribution in [0.3, 0.4) is 0 Å². The molecule has 0 aliphatic rings. The number of hydrogen-bond acceptors (Lipinski definition) is 4. The van der Waals surface area contributed by atoms with Gasteiger partial charge in [0.2, 0.25) is 0 Å². The summed E-state index contributed by atoms with van der Waals surface area (Å²) in [5.41, 5.74) is 8.90. The molecule has 0 bridgehead atoms. The van der Waals surface area contributed by atoms with Gasteiger partial charge in [-0.1, -0.05) is 24.3 Å². The van der Waals surface area contributed by atoms with E-state index in [0.717, 1.165) is 29.1 Å². The van der Waals surface area contributed by atoms with E-state index < -0.39 is 0 Å². The number of rotatable bonds is 8. The Morgan fingerprint density at radius 3 is 2.30 bits per heavy atom. The van der Waals surface area contributed by atoms with Crippen molar-refractivity contribution < 1.29 is 4.74 Å². The van der Waals surface area contributed by atoms with E-state index in [1.165, 1.54) is 0 Å². The second-order valence-corrected chi connectivity index (χ2v) is 5.95. The normalized spacial score (nSPS) is 11.2. The molecule has 3 aromatic rings. The maximum absolute atomic E-state index is 5.91. The van der Waals surface area contributed by atoms with Crippen LogP contribution >= 0.6 is 0 Å². The van der Waals surface area contributed by atoms with E-state index >= 15 is 0 Å². The summed E-state index contributed by atoms with van der Waals surface area (Å²) >= 11 is 0. The highest BCUT2D eigenvalue weighted by atomic mass is 16.5. The molecule has 0 saturated carbocycles. The molecule has 0 amide bonds. The van der Waals surface area contributed by atoms with Crippen LogP contribution in [-0.4, -0.2) is 22.5 Å². The van der Waals surface area contributed by atoms with Crippen LogP contribution < -0.4 is 15.8 Å². The minimum atomic E-state index is 0.432. The van der Waals surface area contributed by atoms with E-state index in [9.17, 15) is 0 Å². The van der Waals surface area contributed by atoms with Gasteiger partial charge < -0.3 is 15.8 Å². The zero-order valence-corrected chi connectivity index (χ0v) is 15.1. The highest BCUT2D eigenvalue weighted by molar-refractivity contribution is 5.77. The molecule has 6 heteroatoms. The molecule has 0 spiro atoms. The van der Waals surface area contributed by atoms with Crippen molar-refractivity contribution in [3.05, 3.63) is 90.0 Å². The van der Waals surface area contributed by atoms with Crippen molar-refractivity contribution >= 4 is 5.96 Å². The van der Waals surface area contributed by atoms with Gasteiger partial charge in [0.15, 0.2) is 5.96 Å². The van der Waals surface area contributed by atoms with Gasteiger partial charge in [-0.3, -0.25) is 9.97 Å². The Kier molecular flexibility index (Phi) is 6.75. The molecule has 3 N–H and O–H groups in total. The van der Waals surface area contributed by atoms with Gasteiger partial charge in [0.1, 0.15) is 12.4 Å². The molecule has 6 nitrogen and oxygen atoms in total. The fourth-order valence-electron chi connectivity index (χ4n) is 2.43. The van der Waals surface area contributed by atoms with Gasteiger partial charge in [-0.15, -0.1) is 0 Å². The van der Waals surface area contributed by atoms with Crippen molar-refractivity contribution in [1.29, 1.82) is 0 Å². The third-order valence-electron chi connectivity index (χ3n) is 3.88. The number of benzene rings is 1. The molecule has 3 rings (SSSR count). The van der Waals surface area contributed by atoms with Crippen molar-refractivity contribution in [1.82, 2.24) is 15.3 Å². The molecule has 0 aliphatic heterocycles. The molecule has 0 atom stereocenters. The third kappa shape index (κ3) is 6.43. The van der Waals surface area contributed by atoms with Crippen LogP contribution in [0.4, 0.5) is 0 Å². The number of ether oxygens (including phenoxy) is 1. The largest absolute Gasteiger partial charge is 0.487 e. The van der Waals surface area contributed by atoms with Gasteiger partial charge in [-0.05, 0) is 42.0 Å². The highest BCUT2D eigenvalue weighted by Gasteiger charge is 1.99. The van der Waals surface area contributed by atoms with Crippen LogP contribution in [0.1, 0.15) is 17.0 Å². The fourth-order valence-corrected chi connectivity index (χ4v) is 2.43. The molecular formula is C21H23N5O. The van der Waals surface area contributed by atoms with E-state index in [2.05, 4.69) is 20.3 Å².